The molecule has 0 aliphatic carbocycles. The number of imidazole rings is 1. The van der Waals surface area contributed by atoms with Crippen LogP contribution >= 0.6 is 0 Å². The average Bonchev–Trinajstić information content (AvgIpc) is 3.18. The fourth-order valence-corrected chi connectivity index (χ4v) is 3.68. The molecule has 4 rings (SSSR count). The van der Waals surface area contributed by atoms with Gasteiger partial charge in [-0.1, -0.05) is 6.07 Å². The molecular weight excluding hydrogens is 362 g/mol. The number of piperidine rings is 1. The Morgan fingerprint density at radius 3 is 2.86 bits per heavy atom. The largest absolute Gasteiger partial charge is 0.338 e. The van der Waals surface area contributed by atoms with Crippen molar-refractivity contribution in [2.45, 2.75) is 25.3 Å². The minimum absolute atomic E-state index is 0.0352. The second-order valence-corrected chi connectivity index (χ2v) is 6.95. The molecule has 7 heteroatoms. The summed E-state index contributed by atoms with van der Waals surface area (Å²) in [5.74, 6) is -0.894. The number of pyridine rings is 1. The predicted octanol–water partition coefficient (Wildman–Crippen LogP) is 3.62. The van der Waals surface area contributed by atoms with Crippen molar-refractivity contribution in [3.05, 3.63) is 83.7 Å². The first-order valence-electron chi connectivity index (χ1n) is 9.27. The summed E-state index contributed by atoms with van der Waals surface area (Å²) in [6, 6.07) is 8.72. The van der Waals surface area contributed by atoms with Gasteiger partial charge in [0.25, 0.3) is 5.91 Å². The van der Waals surface area contributed by atoms with Crippen LogP contribution in [0.4, 0.5) is 8.78 Å². The molecule has 1 amide bonds. The van der Waals surface area contributed by atoms with Gasteiger partial charge in [0.15, 0.2) is 0 Å². The van der Waals surface area contributed by atoms with Gasteiger partial charge < -0.3 is 9.47 Å². The van der Waals surface area contributed by atoms with Crippen LogP contribution in [0.15, 0.2) is 55.0 Å². The molecule has 0 N–H and O–H groups in total. The quantitative estimate of drug-likeness (QED) is 0.693. The van der Waals surface area contributed by atoms with Gasteiger partial charge >= 0.3 is 0 Å². The molecule has 1 aliphatic rings. The third-order valence-corrected chi connectivity index (χ3v) is 5.04. The SMILES string of the molecule is O=C(c1cc(F)ccc1F)N1CCCC(c2nccn2Cc2ccccn2)C1. The molecule has 1 unspecified atom stereocenters. The van der Waals surface area contributed by atoms with Gasteiger partial charge in [-0.05, 0) is 43.2 Å². The van der Waals surface area contributed by atoms with E-state index >= 15 is 0 Å². The summed E-state index contributed by atoms with van der Waals surface area (Å²) >= 11 is 0. The normalized spacial score (nSPS) is 16.9. The zero-order chi connectivity index (χ0) is 19.5. The second-order valence-electron chi connectivity index (χ2n) is 6.95. The minimum atomic E-state index is -0.704. The van der Waals surface area contributed by atoms with E-state index in [2.05, 4.69) is 9.97 Å². The van der Waals surface area contributed by atoms with Gasteiger partial charge in [-0.25, -0.2) is 13.8 Å². The van der Waals surface area contributed by atoms with Crippen molar-refractivity contribution >= 4 is 5.91 Å². The number of amides is 1. The lowest BCUT2D eigenvalue weighted by molar-refractivity contribution is 0.0698. The Morgan fingerprint density at radius 2 is 2.04 bits per heavy atom. The summed E-state index contributed by atoms with van der Waals surface area (Å²) in [6.07, 6.45) is 7.06. The molecule has 1 aromatic carbocycles. The number of hydrogen-bond donors (Lipinski definition) is 0. The standard InChI is InChI=1S/C21H20F2N4O/c22-16-6-7-19(23)18(12-16)21(28)27-10-3-4-15(13-27)20-25-9-11-26(20)14-17-5-1-2-8-24-17/h1-2,5-9,11-12,15H,3-4,10,13-14H2. The summed E-state index contributed by atoms with van der Waals surface area (Å²) < 4.78 is 29.5. The number of carbonyl (C=O) groups excluding carboxylic acids is 1. The Labute approximate surface area is 161 Å². The molecule has 1 atom stereocenters. The van der Waals surface area contributed by atoms with Crippen LogP contribution in [0.5, 0.6) is 0 Å². The number of benzene rings is 1. The van der Waals surface area contributed by atoms with Gasteiger partial charge in [0.2, 0.25) is 0 Å². The van der Waals surface area contributed by atoms with Gasteiger partial charge in [0, 0.05) is 37.6 Å². The number of carbonyl (C=O) groups is 1. The zero-order valence-corrected chi connectivity index (χ0v) is 15.3. The molecule has 3 aromatic rings. The molecule has 0 saturated carbocycles. The van der Waals surface area contributed by atoms with Gasteiger partial charge in [-0.2, -0.15) is 0 Å². The maximum Gasteiger partial charge on any atom is 0.256 e. The summed E-state index contributed by atoms with van der Waals surface area (Å²) in [5.41, 5.74) is 0.699. The van der Waals surface area contributed by atoms with Crippen LogP contribution in [0.3, 0.4) is 0 Å². The maximum atomic E-state index is 14.0. The fourth-order valence-electron chi connectivity index (χ4n) is 3.68. The molecule has 28 heavy (non-hydrogen) atoms. The van der Waals surface area contributed by atoms with Crippen LogP contribution in [-0.4, -0.2) is 38.4 Å². The van der Waals surface area contributed by atoms with Crippen molar-refractivity contribution in [3.8, 4) is 0 Å². The number of aromatic nitrogens is 3. The summed E-state index contributed by atoms with van der Waals surface area (Å²) in [6.45, 7) is 1.54. The second kappa shape index (κ2) is 7.88. The molecule has 0 bridgehead atoms. The van der Waals surface area contributed by atoms with E-state index in [0.29, 0.717) is 19.6 Å². The van der Waals surface area contributed by atoms with E-state index in [9.17, 15) is 13.6 Å². The highest BCUT2D eigenvalue weighted by atomic mass is 19.1. The molecule has 0 radical (unpaired) electrons. The van der Waals surface area contributed by atoms with Crippen LogP contribution in [0.25, 0.3) is 0 Å². The smallest absolute Gasteiger partial charge is 0.256 e. The highest BCUT2D eigenvalue weighted by Crippen LogP contribution is 2.27. The minimum Gasteiger partial charge on any atom is -0.338 e. The molecular formula is C21H20F2N4O. The Morgan fingerprint density at radius 1 is 1.14 bits per heavy atom. The monoisotopic (exact) mass is 382 g/mol. The first-order chi connectivity index (χ1) is 13.6. The number of likely N-dealkylation sites (tertiary alicyclic amines) is 1. The summed E-state index contributed by atoms with van der Waals surface area (Å²) in [5, 5.41) is 0. The van der Waals surface area contributed by atoms with Crippen molar-refractivity contribution in [2.24, 2.45) is 0 Å². The predicted molar refractivity (Wildman–Crippen MR) is 99.8 cm³/mol. The van der Waals surface area contributed by atoms with Crippen LogP contribution in [-0.2, 0) is 6.54 Å². The van der Waals surface area contributed by atoms with E-state index in [1.807, 2.05) is 29.0 Å². The fraction of sp³-hybridized carbons (Fsp3) is 0.286. The lowest BCUT2D eigenvalue weighted by atomic mass is 9.96. The molecule has 3 heterocycles. The third kappa shape index (κ3) is 3.78. The van der Waals surface area contributed by atoms with Crippen molar-refractivity contribution < 1.29 is 13.6 Å². The number of rotatable bonds is 4. The van der Waals surface area contributed by atoms with Crippen molar-refractivity contribution in [1.82, 2.24) is 19.4 Å². The van der Waals surface area contributed by atoms with Crippen molar-refractivity contribution in [1.29, 1.82) is 0 Å². The van der Waals surface area contributed by atoms with Crippen LogP contribution in [0.1, 0.15) is 40.6 Å². The number of halogens is 2. The molecule has 5 nitrogen and oxygen atoms in total. The highest BCUT2D eigenvalue weighted by molar-refractivity contribution is 5.94. The first-order valence-corrected chi connectivity index (χ1v) is 9.27. The lowest BCUT2D eigenvalue weighted by Crippen LogP contribution is -2.40. The topological polar surface area (TPSA) is 51.0 Å². The van der Waals surface area contributed by atoms with Gasteiger partial charge in [0.05, 0.1) is 17.8 Å². The van der Waals surface area contributed by atoms with Crippen LogP contribution in [0, 0.1) is 11.6 Å². The van der Waals surface area contributed by atoms with Crippen molar-refractivity contribution in [2.75, 3.05) is 13.1 Å². The van der Waals surface area contributed by atoms with E-state index < -0.39 is 17.5 Å². The van der Waals surface area contributed by atoms with Gasteiger partial charge in [-0.3, -0.25) is 9.78 Å². The van der Waals surface area contributed by atoms with E-state index in [1.54, 1.807) is 17.3 Å². The van der Waals surface area contributed by atoms with E-state index in [0.717, 1.165) is 42.6 Å². The van der Waals surface area contributed by atoms with Crippen LogP contribution in [0.2, 0.25) is 0 Å². The van der Waals surface area contributed by atoms with Crippen molar-refractivity contribution in [3.63, 3.8) is 0 Å². The Balaban J connectivity index is 1.53. The van der Waals surface area contributed by atoms with Gasteiger partial charge in [-0.15, -0.1) is 0 Å². The van der Waals surface area contributed by atoms with E-state index in [4.69, 9.17) is 0 Å². The lowest BCUT2D eigenvalue weighted by Gasteiger charge is -2.32. The van der Waals surface area contributed by atoms with Gasteiger partial charge in [0.1, 0.15) is 17.5 Å². The number of hydrogen-bond acceptors (Lipinski definition) is 3. The maximum absolute atomic E-state index is 14.0. The van der Waals surface area contributed by atoms with E-state index in [-0.39, 0.29) is 11.5 Å². The molecule has 1 aliphatic heterocycles. The average molecular weight is 382 g/mol. The Hall–Kier alpha value is -3.09. The number of nitrogens with zero attached hydrogens (tertiary/aromatic N) is 4. The molecule has 2 aromatic heterocycles. The van der Waals surface area contributed by atoms with Crippen LogP contribution < -0.4 is 0 Å². The Kier molecular flexibility index (Phi) is 5.14. The highest BCUT2D eigenvalue weighted by Gasteiger charge is 2.29. The molecule has 1 saturated heterocycles. The first kappa shape index (κ1) is 18.3. The molecule has 0 spiro atoms. The zero-order valence-electron chi connectivity index (χ0n) is 15.3. The van der Waals surface area contributed by atoms with E-state index in [1.165, 1.54) is 0 Å². The summed E-state index contributed by atoms with van der Waals surface area (Å²) in [4.78, 5) is 23.2. The third-order valence-electron chi connectivity index (χ3n) is 5.04. The summed E-state index contributed by atoms with van der Waals surface area (Å²) in [7, 11) is 0. The molecule has 144 valence electrons. The molecule has 1 fully saturated rings. The Bertz CT molecular complexity index is 974.